The average molecular weight is 177 g/mol. The van der Waals surface area contributed by atoms with Crippen LogP contribution >= 0.6 is 11.5 Å². The molecule has 12 heavy (non-hydrogen) atoms. The number of aryl methyl sites for hydroxylation is 1. The van der Waals surface area contributed by atoms with Crippen molar-refractivity contribution in [1.82, 2.24) is 4.37 Å². The summed E-state index contributed by atoms with van der Waals surface area (Å²) in [6, 6.07) is 6.60. The van der Waals surface area contributed by atoms with Gasteiger partial charge in [-0.3, -0.25) is 0 Å². The van der Waals surface area contributed by atoms with E-state index in [2.05, 4.69) is 29.5 Å². The predicted molar refractivity (Wildman–Crippen MR) is 53.6 cm³/mol. The SMILES string of the molecule is CCCc1ccc2cnsc2c1. The van der Waals surface area contributed by atoms with E-state index in [1.807, 2.05) is 6.20 Å². The summed E-state index contributed by atoms with van der Waals surface area (Å²) in [4.78, 5) is 0. The molecule has 0 fully saturated rings. The molecule has 1 aromatic heterocycles. The molecule has 0 bridgehead atoms. The molecule has 62 valence electrons. The van der Waals surface area contributed by atoms with E-state index in [9.17, 15) is 0 Å². The van der Waals surface area contributed by atoms with Gasteiger partial charge in [0.1, 0.15) is 0 Å². The van der Waals surface area contributed by atoms with E-state index in [-0.39, 0.29) is 0 Å². The molecule has 0 aliphatic heterocycles. The number of benzene rings is 1. The molecule has 2 rings (SSSR count). The summed E-state index contributed by atoms with van der Waals surface area (Å²) >= 11 is 1.58. The van der Waals surface area contributed by atoms with Gasteiger partial charge in [-0.25, -0.2) is 0 Å². The van der Waals surface area contributed by atoms with Crippen LogP contribution in [0, 0.1) is 0 Å². The standard InChI is InChI=1S/C10H11NS/c1-2-3-8-4-5-9-7-11-12-10(9)6-8/h4-7H,2-3H2,1H3. The molecule has 1 aromatic carbocycles. The highest BCUT2D eigenvalue weighted by Gasteiger charge is 1.96. The third-order valence-electron chi connectivity index (χ3n) is 1.96. The molecule has 2 heteroatoms. The molecular formula is C10H11NS. The Labute approximate surface area is 76.2 Å². The lowest BCUT2D eigenvalue weighted by atomic mass is 10.1. The van der Waals surface area contributed by atoms with E-state index >= 15 is 0 Å². The van der Waals surface area contributed by atoms with Crippen LogP contribution in [0.2, 0.25) is 0 Å². The molecule has 0 radical (unpaired) electrons. The second-order valence-corrected chi connectivity index (χ2v) is 3.78. The fourth-order valence-corrected chi connectivity index (χ4v) is 2.06. The van der Waals surface area contributed by atoms with Crippen LogP contribution < -0.4 is 0 Å². The summed E-state index contributed by atoms with van der Waals surface area (Å²) in [5, 5.41) is 1.26. The largest absolute Gasteiger partial charge is 0.200 e. The second kappa shape index (κ2) is 3.23. The van der Waals surface area contributed by atoms with Crippen molar-refractivity contribution in [3.8, 4) is 0 Å². The minimum Gasteiger partial charge on any atom is -0.200 e. The Hall–Kier alpha value is -0.890. The molecule has 2 aromatic rings. The highest BCUT2D eigenvalue weighted by Crippen LogP contribution is 2.19. The van der Waals surface area contributed by atoms with Crippen molar-refractivity contribution in [1.29, 1.82) is 0 Å². The molecule has 0 aliphatic carbocycles. The highest BCUT2D eigenvalue weighted by atomic mass is 32.1. The Morgan fingerprint density at radius 2 is 2.33 bits per heavy atom. The van der Waals surface area contributed by atoms with Crippen LogP contribution in [0.5, 0.6) is 0 Å². The predicted octanol–water partition coefficient (Wildman–Crippen LogP) is 3.25. The Bertz CT molecular complexity index is 378. The summed E-state index contributed by atoms with van der Waals surface area (Å²) in [6.45, 7) is 2.21. The maximum absolute atomic E-state index is 4.14. The van der Waals surface area contributed by atoms with Gasteiger partial charge in [0, 0.05) is 11.6 Å². The summed E-state index contributed by atoms with van der Waals surface area (Å²) in [6.07, 6.45) is 4.31. The lowest BCUT2D eigenvalue weighted by Crippen LogP contribution is -1.80. The van der Waals surface area contributed by atoms with E-state index in [1.54, 1.807) is 11.5 Å². The maximum atomic E-state index is 4.14. The van der Waals surface area contributed by atoms with E-state index in [0.717, 1.165) is 0 Å². The van der Waals surface area contributed by atoms with Gasteiger partial charge in [-0.2, -0.15) is 4.37 Å². The molecular weight excluding hydrogens is 166 g/mol. The first-order valence-corrected chi connectivity index (χ1v) is 5.01. The zero-order valence-corrected chi connectivity index (χ0v) is 7.90. The van der Waals surface area contributed by atoms with Crippen molar-refractivity contribution >= 4 is 21.6 Å². The molecule has 0 saturated carbocycles. The second-order valence-electron chi connectivity index (χ2n) is 2.95. The van der Waals surface area contributed by atoms with Gasteiger partial charge in [0.05, 0.1) is 4.70 Å². The minimum absolute atomic E-state index is 1.17. The zero-order chi connectivity index (χ0) is 8.39. The first kappa shape index (κ1) is 7.74. The van der Waals surface area contributed by atoms with Crippen molar-refractivity contribution in [2.45, 2.75) is 19.8 Å². The van der Waals surface area contributed by atoms with Gasteiger partial charge >= 0.3 is 0 Å². The van der Waals surface area contributed by atoms with Crippen molar-refractivity contribution in [3.05, 3.63) is 30.0 Å². The van der Waals surface area contributed by atoms with E-state index in [4.69, 9.17) is 0 Å². The molecule has 0 N–H and O–H groups in total. The summed E-state index contributed by atoms with van der Waals surface area (Å²) < 4.78 is 5.45. The van der Waals surface area contributed by atoms with E-state index < -0.39 is 0 Å². The molecule has 0 unspecified atom stereocenters. The molecule has 0 atom stereocenters. The molecule has 1 heterocycles. The Morgan fingerprint density at radius 1 is 1.42 bits per heavy atom. The number of hydrogen-bond donors (Lipinski definition) is 0. The Morgan fingerprint density at radius 3 is 3.17 bits per heavy atom. The minimum atomic E-state index is 1.17. The number of fused-ring (bicyclic) bond motifs is 1. The molecule has 0 spiro atoms. The van der Waals surface area contributed by atoms with Crippen molar-refractivity contribution in [3.63, 3.8) is 0 Å². The fraction of sp³-hybridized carbons (Fsp3) is 0.300. The Balaban J connectivity index is 2.46. The number of aromatic nitrogens is 1. The normalized spacial score (nSPS) is 10.8. The smallest absolute Gasteiger partial charge is 0.0552 e. The van der Waals surface area contributed by atoms with E-state index in [0.29, 0.717) is 0 Å². The van der Waals surface area contributed by atoms with Crippen molar-refractivity contribution < 1.29 is 0 Å². The summed E-state index contributed by atoms with van der Waals surface area (Å²) in [5.74, 6) is 0. The average Bonchev–Trinajstić information content (AvgIpc) is 2.51. The number of rotatable bonds is 2. The topological polar surface area (TPSA) is 12.9 Å². The van der Waals surface area contributed by atoms with Crippen LogP contribution in [-0.2, 0) is 6.42 Å². The van der Waals surface area contributed by atoms with Gasteiger partial charge < -0.3 is 0 Å². The number of hydrogen-bond acceptors (Lipinski definition) is 2. The molecule has 0 aliphatic rings. The van der Waals surface area contributed by atoms with Gasteiger partial charge in [-0.15, -0.1) is 0 Å². The molecule has 0 saturated heterocycles. The lowest BCUT2D eigenvalue weighted by Gasteiger charge is -1.96. The summed E-state index contributed by atoms with van der Waals surface area (Å²) in [5.41, 5.74) is 1.43. The van der Waals surface area contributed by atoms with Gasteiger partial charge in [0.15, 0.2) is 0 Å². The van der Waals surface area contributed by atoms with E-state index in [1.165, 1.54) is 28.5 Å². The van der Waals surface area contributed by atoms with Crippen LogP contribution in [0.4, 0.5) is 0 Å². The van der Waals surface area contributed by atoms with Gasteiger partial charge in [0.2, 0.25) is 0 Å². The summed E-state index contributed by atoms with van der Waals surface area (Å²) in [7, 11) is 0. The fourth-order valence-electron chi connectivity index (χ4n) is 1.35. The molecule has 0 amide bonds. The van der Waals surface area contributed by atoms with Crippen molar-refractivity contribution in [2.75, 3.05) is 0 Å². The third-order valence-corrected chi connectivity index (χ3v) is 2.72. The van der Waals surface area contributed by atoms with Gasteiger partial charge in [0.25, 0.3) is 0 Å². The van der Waals surface area contributed by atoms with Gasteiger partial charge in [-0.05, 0) is 29.6 Å². The quantitative estimate of drug-likeness (QED) is 0.686. The Kier molecular flexibility index (Phi) is 2.09. The third kappa shape index (κ3) is 1.34. The number of nitrogens with zero attached hydrogens (tertiary/aromatic N) is 1. The molecule has 1 nitrogen and oxygen atoms in total. The monoisotopic (exact) mass is 177 g/mol. The van der Waals surface area contributed by atoms with Crippen LogP contribution in [0.1, 0.15) is 18.9 Å². The lowest BCUT2D eigenvalue weighted by molar-refractivity contribution is 0.924. The highest BCUT2D eigenvalue weighted by molar-refractivity contribution is 7.13. The van der Waals surface area contributed by atoms with Crippen LogP contribution in [0.25, 0.3) is 10.1 Å². The first-order chi connectivity index (χ1) is 5.90. The van der Waals surface area contributed by atoms with Gasteiger partial charge in [-0.1, -0.05) is 25.5 Å². The maximum Gasteiger partial charge on any atom is 0.0552 e. The van der Waals surface area contributed by atoms with Crippen LogP contribution in [0.15, 0.2) is 24.4 Å². The first-order valence-electron chi connectivity index (χ1n) is 4.23. The van der Waals surface area contributed by atoms with Crippen LogP contribution in [-0.4, -0.2) is 4.37 Å². The van der Waals surface area contributed by atoms with Crippen molar-refractivity contribution in [2.24, 2.45) is 0 Å². The van der Waals surface area contributed by atoms with Crippen LogP contribution in [0.3, 0.4) is 0 Å². The zero-order valence-electron chi connectivity index (χ0n) is 7.08.